The van der Waals surface area contributed by atoms with Crippen molar-refractivity contribution in [3.8, 4) is 5.75 Å². The van der Waals surface area contributed by atoms with Crippen molar-refractivity contribution in [1.82, 2.24) is 9.97 Å². The van der Waals surface area contributed by atoms with Crippen LogP contribution in [0, 0.1) is 0 Å². The Bertz CT molecular complexity index is 848. The molecule has 0 spiro atoms. The van der Waals surface area contributed by atoms with Gasteiger partial charge in [0.15, 0.2) is 0 Å². The standard InChI is InChI=1S/C17H14N2O3/c1-22-12-8-5-11(6-9-12)7-10-15-18-14-4-2-3-13(17(20)21)16(14)19-15/h2-10H,1H3,(H,18,19)(H,20,21)/p-1/b10-7+. The Labute approximate surface area is 126 Å². The average molecular weight is 293 g/mol. The van der Waals surface area contributed by atoms with Gasteiger partial charge < -0.3 is 19.6 Å². The molecule has 1 heterocycles. The largest absolute Gasteiger partial charge is 0.545 e. The average Bonchev–Trinajstić information content (AvgIpc) is 2.96. The number of methoxy groups -OCH3 is 1. The normalized spacial score (nSPS) is 11.1. The molecule has 0 radical (unpaired) electrons. The van der Waals surface area contributed by atoms with Gasteiger partial charge in [0.1, 0.15) is 11.6 Å². The zero-order valence-electron chi connectivity index (χ0n) is 11.9. The molecular weight excluding hydrogens is 280 g/mol. The molecule has 5 nitrogen and oxygen atoms in total. The predicted molar refractivity (Wildman–Crippen MR) is 82.3 cm³/mol. The molecule has 1 N–H and O–H groups in total. The quantitative estimate of drug-likeness (QED) is 0.799. The molecule has 0 aliphatic rings. The molecule has 3 rings (SSSR count). The molecule has 1 aromatic heterocycles. The van der Waals surface area contributed by atoms with Crippen LogP contribution >= 0.6 is 0 Å². The maximum atomic E-state index is 11.1. The Morgan fingerprint density at radius 3 is 2.64 bits per heavy atom. The summed E-state index contributed by atoms with van der Waals surface area (Å²) in [6.45, 7) is 0. The van der Waals surface area contributed by atoms with Crippen LogP contribution < -0.4 is 9.84 Å². The van der Waals surface area contributed by atoms with Crippen LogP contribution in [0.4, 0.5) is 0 Å². The fourth-order valence-electron chi connectivity index (χ4n) is 2.19. The lowest BCUT2D eigenvalue weighted by Crippen LogP contribution is -2.22. The van der Waals surface area contributed by atoms with Crippen molar-refractivity contribution in [2.45, 2.75) is 0 Å². The highest BCUT2D eigenvalue weighted by Gasteiger charge is 2.06. The Hall–Kier alpha value is -3.08. The third-order valence-corrected chi connectivity index (χ3v) is 3.30. The van der Waals surface area contributed by atoms with E-state index in [-0.39, 0.29) is 5.56 Å². The van der Waals surface area contributed by atoms with Crippen molar-refractivity contribution in [3.05, 3.63) is 59.4 Å². The first-order valence-electron chi connectivity index (χ1n) is 6.69. The number of aromatic nitrogens is 2. The van der Waals surface area contributed by atoms with Crippen LogP contribution in [-0.4, -0.2) is 23.0 Å². The Kier molecular flexibility index (Phi) is 3.62. The molecule has 0 bridgehead atoms. The zero-order chi connectivity index (χ0) is 15.5. The van der Waals surface area contributed by atoms with Crippen molar-refractivity contribution < 1.29 is 14.6 Å². The van der Waals surface area contributed by atoms with Crippen LogP contribution in [-0.2, 0) is 0 Å². The van der Waals surface area contributed by atoms with Gasteiger partial charge in [-0.2, -0.15) is 0 Å². The molecule has 0 aliphatic heterocycles. The van der Waals surface area contributed by atoms with Crippen molar-refractivity contribution in [2.75, 3.05) is 7.11 Å². The van der Waals surface area contributed by atoms with E-state index in [0.29, 0.717) is 16.9 Å². The number of fused-ring (bicyclic) bond motifs is 1. The Morgan fingerprint density at radius 1 is 1.18 bits per heavy atom. The first kappa shape index (κ1) is 13.9. The van der Waals surface area contributed by atoms with Gasteiger partial charge in [-0.1, -0.05) is 30.3 Å². The number of hydrogen-bond acceptors (Lipinski definition) is 4. The monoisotopic (exact) mass is 293 g/mol. The second kappa shape index (κ2) is 5.73. The second-order valence-electron chi connectivity index (χ2n) is 4.72. The highest BCUT2D eigenvalue weighted by molar-refractivity contribution is 6.00. The lowest BCUT2D eigenvalue weighted by Gasteiger charge is -2.01. The molecule has 3 aromatic rings. The molecule has 0 atom stereocenters. The number of carboxylic acid groups (broad SMARTS) is 1. The minimum Gasteiger partial charge on any atom is -0.545 e. The van der Waals surface area contributed by atoms with Gasteiger partial charge >= 0.3 is 0 Å². The predicted octanol–water partition coefficient (Wildman–Crippen LogP) is 2.11. The van der Waals surface area contributed by atoms with E-state index in [9.17, 15) is 9.90 Å². The lowest BCUT2D eigenvalue weighted by molar-refractivity contribution is -0.254. The molecule has 0 aliphatic carbocycles. The number of para-hydroxylation sites is 1. The number of H-pyrrole nitrogens is 1. The van der Waals surface area contributed by atoms with Crippen molar-refractivity contribution in [1.29, 1.82) is 0 Å². The van der Waals surface area contributed by atoms with Crippen LogP contribution in [0.1, 0.15) is 21.7 Å². The summed E-state index contributed by atoms with van der Waals surface area (Å²) in [4.78, 5) is 18.4. The first-order chi connectivity index (χ1) is 10.7. The summed E-state index contributed by atoms with van der Waals surface area (Å²) < 4.78 is 5.10. The van der Waals surface area contributed by atoms with Gasteiger partial charge in [0, 0.05) is 5.56 Å². The number of carbonyl (C=O) groups excluding carboxylic acids is 1. The number of benzene rings is 2. The third-order valence-electron chi connectivity index (χ3n) is 3.30. The summed E-state index contributed by atoms with van der Waals surface area (Å²) in [6.07, 6.45) is 3.68. The SMILES string of the molecule is COc1ccc(/C=C/c2nc3c(C(=O)[O-])cccc3[nH]2)cc1. The van der Waals surface area contributed by atoms with Crippen molar-refractivity contribution in [3.63, 3.8) is 0 Å². The van der Waals surface area contributed by atoms with E-state index >= 15 is 0 Å². The Morgan fingerprint density at radius 2 is 1.95 bits per heavy atom. The van der Waals surface area contributed by atoms with Gasteiger partial charge in [0.2, 0.25) is 0 Å². The van der Waals surface area contributed by atoms with Crippen LogP contribution in [0.5, 0.6) is 5.75 Å². The summed E-state index contributed by atoms with van der Waals surface area (Å²) >= 11 is 0. The highest BCUT2D eigenvalue weighted by Crippen LogP contribution is 2.18. The molecular formula is C17H13N2O3-. The fourth-order valence-corrected chi connectivity index (χ4v) is 2.19. The summed E-state index contributed by atoms with van der Waals surface area (Å²) in [6, 6.07) is 12.5. The number of imidazole rings is 1. The van der Waals surface area contributed by atoms with Gasteiger partial charge in [0.25, 0.3) is 0 Å². The molecule has 0 unspecified atom stereocenters. The van der Waals surface area contributed by atoms with Crippen molar-refractivity contribution >= 4 is 29.2 Å². The van der Waals surface area contributed by atoms with Crippen molar-refractivity contribution in [2.24, 2.45) is 0 Å². The van der Waals surface area contributed by atoms with Crippen LogP contribution in [0.25, 0.3) is 23.2 Å². The van der Waals surface area contributed by atoms with Gasteiger partial charge in [-0.15, -0.1) is 0 Å². The summed E-state index contributed by atoms with van der Waals surface area (Å²) in [5, 5.41) is 11.1. The topological polar surface area (TPSA) is 78.0 Å². The fraction of sp³-hybridized carbons (Fsp3) is 0.0588. The van der Waals surface area contributed by atoms with E-state index in [1.165, 1.54) is 6.07 Å². The summed E-state index contributed by atoms with van der Waals surface area (Å²) in [7, 11) is 1.62. The summed E-state index contributed by atoms with van der Waals surface area (Å²) in [5.41, 5.74) is 2.13. The van der Waals surface area contributed by atoms with Gasteiger partial charge in [-0.25, -0.2) is 4.98 Å². The van der Waals surface area contributed by atoms with Crippen LogP contribution in [0.3, 0.4) is 0 Å². The maximum absolute atomic E-state index is 11.1. The van der Waals surface area contributed by atoms with E-state index < -0.39 is 5.97 Å². The third kappa shape index (κ3) is 2.69. The van der Waals surface area contributed by atoms with E-state index in [1.807, 2.05) is 30.3 Å². The second-order valence-corrected chi connectivity index (χ2v) is 4.72. The molecule has 0 saturated heterocycles. The van der Waals surface area contributed by atoms with Crippen LogP contribution in [0.15, 0.2) is 42.5 Å². The van der Waals surface area contributed by atoms with E-state index in [1.54, 1.807) is 25.3 Å². The molecule has 0 fully saturated rings. The number of aromatic amines is 1. The number of nitrogens with zero attached hydrogens (tertiary/aromatic N) is 1. The van der Waals surface area contributed by atoms with E-state index in [0.717, 1.165) is 11.3 Å². The first-order valence-corrected chi connectivity index (χ1v) is 6.69. The minimum absolute atomic E-state index is 0.0813. The minimum atomic E-state index is -1.23. The summed E-state index contributed by atoms with van der Waals surface area (Å²) in [5.74, 6) is 0.141. The number of nitrogens with one attached hydrogen (secondary N) is 1. The Balaban J connectivity index is 1.91. The number of carbonyl (C=O) groups is 1. The molecule has 0 saturated carbocycles. The lowest BCUT2D eigenvalue weighted by atomic mass is 10.2. The van der Waals surface area contributed by atoms with E-state index in [4.69, 9.17) is 4.74 Å². The molecule has 22 heavy (non-hydrogen) atoms. The van der Waals surface area contributed by atoms with Crippen LogP contribution in [0.2, 0.25) is 0 Å². The number of hydrogen-bond donors (Lipinski definition) is 1. The van der Waals surface area contributed by atoms with Gasteiger partial charge in [0.05, 0.1) is 24.1 Å². The molecule has 0 amide bonds. The van der Waals surface area contributed by atoms with E-state index in [2.05, 4.69) is 9.97 Å². The number of ether oxygens (including phenoxy) is 1. The smallest absolute Gasteiger partial charge is 0.131 e. The molecule has 2 aromatic carbocycles. The molecule has 5 heteroatoms. The highest BCUT2D eigenvalue weighted by atomic mass is 16.5. The van der Waals surface area contributed by atoms with Gasteiger partial charge in [-0.3, -0.25) is 0 Å². The number of carboxylic acids is 1. The van der Waals surface area contributed by atoms with Gasteiger partial charge in [-0.05, 0) is 29.8 Å². The number of aromatic carboxylic acids is 1. The number of rotatable bonds is 4. The zero-order valence-corrected chi connectivity index (χ0v) is 11.9. The molecule has 110 valence electrons. The maximum Gasteiger partial charge on any atom is 0.131 e.